The van der Waals surface area contributed by atoms with Crippen molar-refractivity contribution < 1.29 is 14.3 Å². The molecule has 0 unspecified atom stereocenters. The highest BCUT2D eigenvalue weighted by Gasteiger charge is 2.06. The van der Waals surface area contributed by atoms with Crippen molar-refractivity contribution in [3.05, 3.63) is 71.2 Å². The van der Waals surface area contributed by atoms with Crippen LogP contribution in [0.1, 0.15) is 10.4 Å². The van der Waals surface area contributed by atoms with Crippen LogP contribution in [0.15, 0.2) is 60.7 Å². The molecule has 3 aromatic rings. The number of ketones is 1. The summed E-state index contributed by atoms with van der Waals surface area (Å²) < 4.78 is 5.75. The zero-order valence-electron chi connectivity index (χ0n) is 11.5. The molecular formula is C18H11ClO3. The number of Topliss-reactive ketones (excluding diaryl/α,β-unsaturated/α-hetero) is 1. The van der Waals surface area contributed by atoms with Gasteiger partial charge in [0.15, 0.2) is 6.29 Å². The second-order valence-corrected chi connectivity index (χ2v) is 5.14. The summed E-state index contributed by atoms with van der Waals surface area (Å²) >= 11 is 6.25. The highest BCUT2D eigenvalue weighted by Crippen LogP contribution is 2.31. The van der Waals surface area contributed by atoms with Crippen LogP contribution in [0, 0.1) is 0 Å². The van der Waals surface area contributed by atoms with Crippen molar-refractivity contribution in [1.82, 2.24) is 0 Å². The average Bonchev–Trinajstić information content (AvgIpc) is 2.55. The summed E-state index contributed by atoms with van der Waals surface area (Å²) in [6, 6.07) is 17.8. The molecule has 3 rings (SSSR count). The van der Waals surface area contributed by atoms with Crippen LogP contribution in [0.2, 0.25) is 5.02 Å². The molecular weight excluding hydrogens is 300 g/mol. The minimum atomic E-state index is -0.555. The minimum absolute atomic E-state index is 0.291. The summed E-state index contributed by atoms with van der Waals surface area (Å²) in [4.78, 5) is 21.7. The summed E-state index contributed by atoms with van der Waals surface area (Å²) in [6.07, 6.45) is 0.291. The van der Waals surface area contributed by atoms with Gasteiger partial charge >= 0.3 is 0 Å². The normalized spacial score (nSPS) is 10.4. The molecule has 4 heteroatoms. The van der Waals surface area contributed by atoms with E-state index < -0.39 is 5.78 Å². The maximum absolute atomic E-state index is 11.2. The van der Waals surface area contributed by atoms with Crippen LogP contribution in [0.5, 0.6) is 11.5 Å². The molecule has 0 N–H and O–H groups in total. The zero-order valence-corrected chi connectivity index (χ0v) is 12.2. The van der Waals surface area contributed by atoms with E-state index >= 15 is 0 Å². The van der Waals surface area contributed by atoms with Crippen molar-refractivity contribution in [3.63, 3.8) is 0 Å². The first kappa shape index (κ1) is 14.3. The molecule has 0 aliphatic rings. The van der Waals surface area contributed by atoms with Gasteiger partial charge in [0.25, 0.3) is 0 Å². The van der Waals surface area contributed by atoms with Gasteiger partial charge in [0.2, 0.25) is 5.78 Å². The average molecular weight is 311 g/mol. The third-order valence-electron chi connectivity index (χ3n) is 3.27. The number of hydrogen-bond donors (Lipinski definition) is 0. The standard InChI is InChI=1S/C18H11ClO3/c19-17-10-15(9-13-3-1-2-4-16(13)17)22-14-7-5-12(6-8-14)18(21)11-20/h1-11H. The largest absolute Gasteiger partial charge is 0.457 e. The van der Waals surface area contributed by atoms with E-state index in [1.807, 2.05) is 30.3 Å². The van der Waals surface area contributed by atoms with E-state index in [-0.39, 0.29) is 0 Å². The van der Waals surface area contributed by atoms with Crippen molar-refractivity contribution >= 4 is 34.4 Å². The molecule has 0 aliphatic heterocycles. The molecule has 108 valence electrons. The van der Waals surface area contributed by atoms with E-state index in [0.717, 1.165) is 10.8 Å². The SMILES string of the molecule is O=CC(=O)c1ccc(Oc2cc(Cl)c3ccccc3c2)cc1. The Hall–Kier alpha value is -2.65. The van der Waals surface area contributed by atoms with Crippen LogP contribution >= 0.6 is 11.6 Å². The van der Waals surface area contributed by atoms with Gasteiger partial charge in [0.05, 0.1) is 5.02 Å². The van der Waals surface area contributed by atoms with Gasteiger partial charge in [-0.3, -0.25) is 9.59 Å². The second-order valence-electron chi connectivity index (χ2n) is 4.73. The maximum atomic E-state index is 11.2. The van der Waals surface area contributed by atoms with Crippen molar-refractivity contribution in [2.45, 2.75) is 0 Å². The molecule has 0 saturated heterocycles. The maximum Gasteiger partial charge on any atom is 0.225 e. The summed E-state index contributed by atoms with van der Waals surface area (Å²) in [5.41, 5.74) is 0.332. The summed E-state index contributed by atoms with van der Waals surface area (Å²) in [5.74, 6) is 0.618. The first-order valence-electron chi connectivity index (χ1n) is 6.63. The van der Waals surface area contributed by atoms with Gasteiger partial charge in [-0.15, -0.1) is 0 Å². The number of carbonyl (C=O) groups excluding carboxylic acids is 2. The molecule has 3 aromatic carbocycles. The lowest BCUT2D eigenvalue weighted by Gasteiger charge is -2.08. The van der Waals surface area contributed by atoms with Crippen molar-refractivity contribution in [3.8, 4) is 11.5 Å². The highest BCUT2D eigenvalue weighted by molar-refractivity contribution is 6.35. The van der Waals surface area contributed by atoms with Gasteiger partial charge in [-0.25, -0.2) is 0 Å². The summed E-state index contributed by atoms with van der Waals surface area (Å²) in [7, 11) is 0. The van der Waals surface area contributed by atoms with Crippen LogP contribution < -0.4 is 4.74 Å². The molecule has 22 heavy (non-hydrogen) atoms. The lowest BCUT2D eigenvalue weighted by molar-refractivity contribution is -0.104. The van der Waals surface area contributed by atoms with Crippen molar-refractivity contribution in [1.29, 1.82) is 0 Å². The Morgan fingerprint density at radius 1 is 0.955 bits per heavy atom. The Labute approximate surface area is 132 Å². The topological polar surface area (TPSA) is 43.4 Å². The minimum Gasteiger partial charge on any atom is -0.457 e. The number of halogens is 1. The number of carbonyl (C=O) groups is 2. The molecule has 0 heterocycles. The molecule has 3 nitrogen and oxygen atoms in total. The molecule has 0 amide bonds. The van der Waals surface area contributed by atoms with E-state index in [4.69, 9.17) is 16.3 Å². The van der Waals surface area contributed by atoms with Crippen molar-refractivity contribution in [2.24, 2.45) is 0 Å². The van der Waals surface area contributed by atoms with Crippen LogP contribution in [-0.2, 0) is 4.79 Å². The van der Waals surface area contributed by atoms with Gasteiger partial charge in [-0.2, -0.15) is 0 Å². The van der Waals surface area contributed by atoms with Crippen molar-refractivity contribution in [2.75, 3.05) is 0 Å². The van der Waals surface area contributed by atoms with Crippen LogP contribution in [-0.4, -0.2) is 12.1 Å². The zero-order chi connectivity index (χ0) is 15.5. The smallest absolute Gasteiger partial charge is 0.225 e. The molecule has 0 bridgehead atoms. The number of aldehydes is 1. The van der Waals surface area contributed by atoms with E-state index in [9.17, 15) is 9.59 Å². The third-order valence-corrected chi connectivity index (χ3v) is 3.58. The van der Waals surface area contributed by atoms with Gasteiger partial charge in [-0.1, -0.05) is 35.9 Å². The second kappa shape index (κ2) is 6.00. The first-order chi connectivity index (χ1) is 10.7. The van der Waals surface area contributed by atoms with Gasteiger partial charge < -0.3 is 4.74 Å². The number of fused-ring (bicyclic) bond motifs is 1. The number of ether oxygens (including phenoxy) is 1. The predicted molar refractivity (Wildman–Crippen MR) is 85.9 cm³/mol. The van der Waals surface area contributed by atoms with Crippen LogP contribution in [0.25, 0.3) is 10.8 Å². The van der Waals surface area contributed by atoms with Gasteiger partial charge in [0, 0.05) is 17.0 Å². The van der Waals surface area contributed by atoms with E-state index in [2.05, 4.69) is 0 Å². The number of benzene rings is 3. The predicted octanol–water partition coefficient (Wildman–Crippen LogP) is 4.67. The lowest BCUT2D eigenvalue weighted by atomic mass is 10.1. The number of rotatable bonds is 4. The fraction of sp³-hybridized carbons (Fsp3) is 0. The Balaban J connectivity index is 1.89. The van der Waals surface area contributed by atoms with Gasteiger partial charge in [-0.05, 0) is 35.7 Å². The number of hydrogen-bond acceptors (Lipinski definition) is 3. The van der Waals surface area contributed by atoms with Crippen LogP contribution in [0.3, 0.4) is 0 Å². The third kappa shape index (κ3) is 2.85. The fourth-order valence-electron chi connectivity index (χ4n) is 2.19. The molecule has 0 radical (unpaired) electrons. The summed E-state index contributed by atoms with van der Waals surface area (Å²) in [6.45, 7) is 0. The fourth-order valence-corrected chi connectivity index (χ4v) is 2.47. The monoisotopic (exact) mass is 310 g/mol. The van der Waals surface area contributed by atoms with Gasteiger partial charge in [0.1, 0.15) is 11.5 Å². The van der Waals surface area contributed by atoms with E-state index in [1.54, 1.807) is 30.3 Å². The lowest BCUT2D eigenvalue weighted by Crippen LogP contribution is -1.98. The summed E-state index contributed by atoms with van der Waals surface area (Å²) in [5, 5.41) is 2.56. The highest BCUT2D eigenvalue weighted by atomic mass is 35.5. The van der Waals surface area contributed by atoms with E-state index in [0.29, 0.717) is 28.4 Å². The molecule has 0 aromatic heterocycles. The Morgan fingerprint density at radius 3 is 2.41 bits per heavy atom. The Kier molecular flexibility index (Phi) is 3.90. The Bertz CT molecular complexity index is 854. The molecule has 0 saturated carbocycles. The van der Waals surface area contributed by atoms with E-state index in [1.165, 1.54) is 0 Å². The quantitative estimate of drug-likeness (QED) is 0.399. The molecule has 0 atom stereocenters. The first-order valence-corrected chi connectivity index (χ1v) is 7.01. The Morgan fingerprint density at radius 2 is 1.68 bits per heavy atom. The molecule has 0 fully saturated rings. The van der Waals surface area contributed by atoms with Crippen LogP contribution in [0.4, 0.5) is 0 Å². The molecule has 0 aliphatic carbocycles. The molecule has 0 spiro atoms.